The number of benzene rings is 2. The van der Waals surface area contributed by atoms with Crippen LogP contribution in [-0.4, -0.2) is 33.5 Å². The van der Waals surface area contributed by atoms with E-state index in [9.17, 15) is 4.79 Å². The van der Waals surface area contributed by atoms with Gasteiger partial charge in [-0.15, -0.1) is 11.3 Å². The summed E-state index contributed by atoms with van der Waals surface area (Å²) >= 11 is 1.63. The number of methoxy groups -OCH3 is 1. The molecule has 0 aliphatic carbocycles. The van der Waals surface area contributed by atoms with E-state index in [2.05, 4.69) is 27.2 Å². The van der Waals surface area contributed by atoms with Gasteiger partial charge in [0.15, 0.2) is 0 Å². The zero-order valence-corrected chi connectivity index (χ0v) is 17.2. The summed E-state index contributed by atoms with van der Waals surface area (Å²) < 4.78 is 5.21. The van der Waals surface area contributed by atoms with Crippen LogP contribution in [0.1, 0.15) is 18.4 Å². The Hall–Kier alpha value is -3.03. The Morgan fingerprint density at radius 1 is 1.07 bits per heavy atom. The van der Waals surface area contributed by atoms with Crippen LogP contribution in [0.3, 0.4) is 0 Å². The third-order valence-corrected chi connectivity index (χ3v) is 5.70. The van der Waals surface area contributed by atoms with Gasteiger partial charge in [-0.2, -0.15) is 0 Å². The standard InChI is InChI=1S/C22H22N4O2S/c1-3-26(13-20-24-19-7-5-4-6-18(19)21(27)25-20)12-16-14-29-22(23-16)15-8-10-17(28-2)11-9-15/h4-11,14H,3,12-13H2,1-2H3,(H,24,25,27). The topological polar surface area (TPSA) is 71.1 Å². The summed E-state index contributed by atoms with van der Waals surface area (Å²) in [5.74, 6) is 1.50. The van der Waals surface area contributed by atoms with E-state index < -0.39 is 0 Å². The van der Waals surface area contributed by atoms with E-state index in [0.717, 1.165) is 34.1 Å². The molecule has 7 heteroatoms. The molecule has 4 aromatic rings. The van der Waals surface area contributed by atoms with Crippen LogP contribution in [0, 0.1) is 0 Å². The Balaban J connectivity index is 1.49. The minimum atomic E-state index is -0.0999. The fourth-order valence-electron chi connectivity index (χ4n) is 3.18. The summed E-state index contributed by atoms with van der Waals surface area (Å²) in [5.41, 5.74) is 2.70. The van der Waals surface area contributed by atoms with Gasteiger partial charge in [0.2, 0.25) is 0 Å². The van der Waals surface area contributed by atoms with Gasteiger partial charge in [0.1, 0.15) is 16.6 Å². The van der Waals surface area contributed by atoms with Gasteiger partial charge in [0.05, 0.1) is 30.3 Å². The van der Waals surface area contributed by atoms with Crippen molar-refractivity contribution >= 4 is 22.2 Å². The number of ether oxygens (including phenoxy) is 1. The summed E-state index contributed by atoms with van der Waals surface area (Å²) in [6, 6.07) is 15.3. The maximum atomic E-state index is 12.3. The molecule has 4 rings (SSSR count). The molecule has 0 saturated heterocycles. The molecule has 2 aromatic heterocycles. The summed E-state index contributed by atoms with van der Waals surface area (Å²) in [7, 11) is 1.66. The van der Waals surface area contributed by atoms with Crippen LogP contribution >= 0.6 is 11.3 Å². The van der Waals surface area contributed by atoms with Gasteiger partial charge in [0, 0.05) is 17.5 Å². The molecule has 0 fully saturated rings. The molecule has 0 bridgehead atoms. The predicted molar refractivity (Wildman–Crippen MR) is 116 cm³/mol. The summed E-state index contributed by atoms with van der Waals surface area (Å²) in [4.78, 5) is 26.8. The maximum Gasteiger partial charge on any atom is 0.258 e. The summed E-state index contributed by atoms with van der Waals surface area (Å²) in [6.07, 6.45) is 0. The molecular formula is C22H22N4O2S. The Kier molecular flexibility index (Phi) is 5.69. The third kappa shape index (κ3) is 4.36. The van der Waals surface area contributed by atoms with Gasteiger partial charge in [-0.3, -0.25) is 9.69 Å². The molecule has 0 atom stereocenters. The quantitative estimate of drug-likeness (QED) is 0.501. The first-order valence-corrected chi connectivity index (χ1v) is 10.3. The van der Waals surface area contributed by atoms with Crippen LogP contribution in [0.15, 0.2) is 58.7 Å². The lowest BCUT2D eigenvalue weighted by atomic mass is 10.2. The molecule has 0 radical (unpaired) electrons. The molecule has 2 aromatic carbocycles. The van der Waals surface area contributed by atoms with Crippen LogP contribution in [0.5, 0.6) is 5.75 Å². The van der Waals surface area contributed by atoms with Gasteiger partial charge in [0.25, 0.3) is 5.56 Å². The zero-order valence-electron chi connectivity index (χ0n) is 16.4. The monoisotopic (exact) mass is 406 g/mol. The lowest BCUT2D eigenvalue weighted by Gasteiger charge is -2.18. The van der Waals surface area contributed by atoms with Gasteiger partial charge < -0.3 is 9.72 Å². The maximum absolute atomic E-state index is 12.3. The highest BCUT2D eigenvalue weighted by Gasteiger charge is 2.12. The van der Waals surface area contributed by atoms with E-state index in [0.29, 0.717) is 24.3 Å². The second kappa shape index (κ2) is 8.55. The number of fused-ring (bicyclic) bond motifs is 1. The minimum Gasteiger partial charge on any atom is -0.497 e. The Morgan fingerprint density at radius 3 is 2.62 bits per heavy atom. The van der Waals surface area contributed by atoms with E-state index >= 15 is 0 Å². The largest absolute Gasteiger partial charge is 0.497 e. The van der Waals surface area contributed by atoms with Crippen molar-refractivity contribution in [2.24, 2.45) is 0 Å². The molecule has 1 N–H and O–H groups in total. The number of rotatable bonds is 7. The number of H-pyrrole nitrogens is 1. The summed E-state index contributed by atoms with van der Waals surface area (Å²) in [6.45, 7) is 4.17. The number of para-hydroxylation sites is 1. The van der Waals surface area contributed by atoms with Crippen molar-refractivity contribution in [3.8, 4) is 16.3 Å². The normalized spacial score (nSPS) is 11.3. The van der Waals surface area contributed by atoms with Gasteiger partial charge in [-0.25, -0.2) is 9.97 Å². The van der Waals surface area contributed by atoms with E-state index in [1.54, 1.807) is 24.5 Å². The van der Waals surface area contributed by atoms with Crippen LogP contribution < -0.4 is 10.3 Å². The second-order valence-corrected chi connectivity index (χ2v) is 7.56. The first kappa shape index (κ1) is 19.3. The fourth-order valence-corrected chi connectivity index (χ4v) is 3.99. The molecule has 29 heavy (non-hydrogen) atoms. The smallest absolute Gasteiger partial charge is 0.258 e. The van der Waals surface area contributed by atoms with Gasteiger partial charge in [-0.1, -0.05) is 19.1 Å². The number of nitrogens with one attached hydrogen (secondary N) is 1. The number of aromatic nitrogens is 3. The molecule has 0 unspecified atom stereocenters. The molecular weight excluding hydrogens is 384 g/mol. The zero-order chi connectivity index (χ0) is 20.2. The average molecular weight is 407 g/mol. The molecule has 0 spiro atoms. The second-order valence-electron chi connectivity index (χ2n) is 6.71. The lowest BCUT2D eigenvalue weighted by molar-refractivity contribution is 0.262. The van der Waals surface area contributed by atoms with Crippen molar-refractivity contribution in [3.05, 3.63) is 75.8 Å². The van der Waals surface area contributed by atoms with Crippen LogP contribution in [-0.2, 0) is 13.1 Å². The third-order valence-electron chi connectivity index (χ3n) is 4.76. The molecule has 0 aliphatic rings. The number of nitrogens with zero attached hydrogens (tertiary/aromatic N) is 3. The van der Waals surface area contributed by atoms with Crippen molar-refractivity contribution in [3.63, 3.8) is 0 Å². The van der Waals surface area contributed by atoms with E-state index in [1.807, 2.05) is 42.5 Å². The number of thiazole rings is 1. The fraction of sp³-hybridized carbons (Fsp3) is 0.227. The van der Waals surface area contributed by atoms with Gasteiger partial charge in [-0.05, 0) is 42.9 Å². The van der Waals surface area contributed by atoms with Crippen molar-refractivity contribution < 1.29 is 4.74 Å². The minimum absolute atomic E-state index is 0.0999. The first-order valence-electron chi connectivity index (χ1n) is 9.45. The van der Waals surface area contributed by atoms with Crippen molar-refractivity contribution in [1.29, 1.82) is 0 Å². The Bertz CT molecular complexity index is 1170. The van der Waals surface area contributed by atoms with E-state index in [4.69, 9.17) is 9.72 Å². The highest BCUT2D eigenvalue weighted by molar-refractivity contribution is 7.13. The highest BCUT2D eigenvalue weighted by Crippen LogP contribution is 2.26. The van der Waals surface area contributed by atoms with Gasteiger partial charge >= 0.3 is 0 Å². The van der Waals surface area contributed by atoms with E-state index in [1.165, 1.54) is 0 Å². The van der Waals surface area contributed by atoms with Crippen molar-refractivity contribution in [1.82, 2.24) is 19.9 Å². The highest BCUT2D eigenvalue weighted by atomic mass is 32.1. The van der Waals surface area contributed by atoms with Crippen LogP contribution in [0.25, 0.3) is 21.5 Å². The summed E-state index contributed by atoms with van der Waals surface area (Å²) in [5, 5.41) is 3.68. The molecule has 0 saturated carbocycles. The Labute approximate surface area is 172 Å². The lowest BCUT2D eigenvalue weighted by Crippen LogP contribution is -2.25. The molecule has 2 heterocycles. The van der Waals surface area contributed by atoms with Crippen LogP contribution in [0.4, 0.5) is 0 Å². The predicted octanol–water partition coefficient (Wildman–Crippen LogP) is 4.08. The van der Waals surface area contributed by atoms with E-state index in [-0.39, 0.29) is 5.56 Å². The van der Waals surface area contributed by atoms with Crippen molar-refractivity contribution in [2.45, 2.75) is 20.0 Å². The Morgan fingerprint density at radius 2 is 1.86 bits per heavy atom. The number of aromatic amines is 1. The molecule has 0 amide bonds. The SMILES string of the molecule is CCN(Cc1csc(-c2ccc(OC)cc2)n1)Cc1nc2ccccc2c(=O)[nH]1. The molecule has 148 valence electrons. The number of hydrogen-bond donors (Lipinski definition) is 1. The van der Waals surface area contributed by atoms with Crippen LogP contribution in [0.2, 0.25) is 0 Å². The molecule has 0 aliphatic heterocycles. The van der Waals surface area contributed by atoms with Crippen molar-refractivity contribution in [2.75, 3.05) is 13.7 Å². The average Bonchev–Trinajstić information content (AvgIpc) is 3.22. The molecule has 6 nitrogen and oxygen atoms in total. The first-order chi connectivity index (χ1) is 14.2. The number of hydrogen-bond acceptors (Lipinski definition) is 6.